The lowest BCUT2D eigenvalue weighted by Gasteiger charge is -1.97. The molecule has 0 radical (unpaired) electrons. The highest BCUT2D eigenvalue weighted by Gasteiger charge is 2.05. The maximum Gasteiger partial charge on any atom is 0.126 e. The molecule has 2 aliphatic rings. The molecular formula is C11H10O. The lowest BCUT2D eigenvalue weighted by molar-refractivity contribution is 0.418. The minimum Gasteiger partial charge on any atom is -0.496 e. The van der Waals surface area contributed by atoms with E-state index in [0.717, 1.165) is 5.75 Å². The normalized spacial score (nSPS) is 10.1. The van der Waals surface area contributed by atoms with Crippen molar-refractivity contribution in [3.8, 4) is 16.9 Å². The molecule has 0 aromatic heterocycles. The molecule has 0 amide bonds. The second kappa shape index (κ2) is 2.86. The summed E-state index contributed by atoms with van der Waals surface area (Å²) in [5.74, 6) is 0.946. The molecule has 1 nitrogen and oxygen atoms in total. The second-order valence-electron chi connectivity index (χ2n) is 2.68. The Kier molecular flexibility index (Phi) is 1.71. The van der Waals surface area contributed by atoms with Crippen molar-refractivity contribution in [1.82, 2.24) is 0 Å². The van der Waals surface area contributed by atoms with Gasteiger partial charge in [0.05, 0.1) is 7.11 Å². The van der Waals surface area contributed by atoms with Crippen LogP contribution in [0.2, 0.25) is 0 Å². The van der Waals surface area contributed by atoms with Crippen LogP contribution < -0.4 is 4.74 Å². The van der Waals surface area contributed by atoms with Crippen LogP contribution in [0.15, 0.2) is 42.5 Å². The number of hydrogen-bond acceptors (Lipinski definition) is 1. The van der Waals surface area contributed by atoms with Gasteiger partial charge in [-0.1, -0.05) is 36.4 Å². The Hall–Kier alpha value is -1.50. The maximum atomic E-state index is 5.21. The highest BCUT2D eigenvalue weighted by molar-refractivity contribution is 5.73. The third kappa shape index (κ3) is 1.03. The van der Waals surface area contributed by atoms with Crippen LogP contribution in [0.5, 0.6) is 5.75 Å². The minimum absolute atomic E-state index is 0.946. The van der Waals surface area contributed by atoms with Gasteiger partial charge in [-0.25, -0.2) is 0 Å². The van der Waals surface area contributed by atoms with Crippen molar-refractivity contribution < 1.29 is 4.74 Å². The summed E-state index contributed by atoms with van der Waals surface area (Å²) in [7, 11) is 1.70. The van der Waals surface area contributed by atoms with Gasteiger partial charge < -0.3 is 4.74 Å². The quantitative estimate of drug-likeness (QED) is 0.620. The van der Waals surface area contributed by atoms with Crippen LogP contribution in [-0.2, 0) is 0 Å². The summed E-state index contributed by atoms with van der Waals surface area (Å²) in [6.07, 6.45) is 0. The van der Waals surface area contributed by atoms with E-state index < -0.39 is 0 Å². The van der Waals surface area contributed by atoms with Crippen molar-refractivity contribution in [2.24, 2.45) is 0 Å². The number of fused-ring (bicyclic) bond motifs is 1. The van der Waals surface area contributed by atoms with Crippen molar-refractivity contribution in [2.75, 3.05) is 7.11 Å². The molecule has 0 spiro atoms. The van der Waals surface area contributed by atoms with Gasteiger partial charge in [0.2, 0.25) is 0 Å². The third-order valence-corrected chi connectivity index (χ3v) is 1.97. The van der Waals surface area contributed by atoms with Crippen molar-refractivity contribution in [3.63, 3.8) is 0 Å². The predicted molar refractivity (Wildman–Crippen MR) is 49.6 cm³/mol. The first-order valence-corrected chi connectivity index (χ1v) is 3.93. The first-order valence-electron chi connectivity index (χ1n) is 3.93. The first-order chi connectivity index (χ1) is 5.92. The highest BCUT2D eigenvalue weighted by atomic mass is 16.5. The van der Waals surface area contributed by atoms with E-state index >= 15 is 0 Å². The van der Waals surface area contributed by atoms with Crippen LogP contribution in [0.3, 0.4) is 0 Å². The molecule has 0 saturated carbocycles. The molecule has 12 heavy (non-hydrogen) atoms. The van der Waals surface area contributed by atoms with Gasteiger partial charge in [-0.2, -0.15) is 0 Å². The van der Waals surface area contributed by atoms with Gasteiger partial charge in [0.15, 0.2) is 0 Å². The molecule has 1 heteroatoms. The standard InChI is InChI=1S/C11H10O/c1-12-11-8-7-9-5-3-2-4-6-10(9)11/h2-8H,1H3. The molecule has 2 aliphatic carbocycles. The predicted octanol–water partition coefficient (Wildman–Crippen LogP) is 2.80. The summed E-state index contributed by atoms with van der Waals surface area (Å²) in [5.41, 5.74) is 2.39. The molecule has 0 bridgehead atoms. The second-order valence-corrected chi connectivity index (χ2v) is 2.68. The van der Waals surface area contributed by atoms with Gasteiger partial charge in [0.25, 0.3) is 0 Å². The molecule has 0 saturated heterocycles. The topological polar surface area (TPSA) is 9.23 Å². The van der Waals surface area contributed by atoms with Crippen molar-refractivity contribution in [2.45, 2.75) is 0 Å². The van der Waals surface area contributed by atoms with Crippen LogP contribution in [-0.4, -0.2) is 7.11 Å². The molecule has 0 aromatic carbocycles. The number of hydrogen-bond donors (Lipinski definition) is 0. The van der Waals surface area contributed by atoms with Gasteiger partial charge in [-0.05, 0) is 11.6 Å². The molecule has 0 aliphatic heterocycles. The molecule has 60 valence electrons. The van der Waals surface area contributed by atoms with E-state index in [1.165, 1.54) is 11.1 Å². The zero-order valence-corrected chi connectivity index (χ0v) is 6.95. The Labute approximate surface area is 71.9 Å². The Morgan fingerprint density at radius 2 is 1.75 bits per heavy atom. The Morgan fingerprint density at radius 1 is 0.917 bits per heavy atom. The zero-order valence-electron chi connectivity index (χ0n) is 6.95. The van der Waals surface area contributed by atoms with Gasteiger partial charge in [0.1, 0.15) is 5.75 Å². The van der Waals surface area contributed by atoms with E-state index in [0.29, 0.717) is 0 Å². The zero-order chi connectivity index (χ0) is 8.39. The van der Waals surface area contributed by atoms with Crippen LogP contribution >= 0.6 is 0 Å². The molecular weight excluding hydrogens is 148 g/mol. The van der Waals surface area contributed by atoms with Crippen molar-refractivity contribution in [3.05, 3.63) is 42.5 Å². The van der Waals surface area contributed by atoms with Gasteiger partial charge in [-0.3, -0.25) is 0 Å². The van der Waals surface area contributed by atoms with E-state index in [1.54, 1.807) is 7.11 Å². The monoisotopic (exact) mass is 158 g/mol. The smallest absolute Gasteiger partial charge is 0.126 e. The fourth-order valence-electron chi connectivity index (χ4n) is 1.36. The first kappa shape index (κ1) is 7.17. The summed E-state index contributed by atoms with van der Waals surface area (Å²) in [4.78, 5) is 0. The number of rotatable bonds is 1. The van der Waals surface area contributed by atoms with E-state index in [1.807, 2.05) is 24.3 Å². The largest absolute Gasteiger partial charge is 0.496 e. The highest BCUT2D eigenvalue weighted by Crippen LogP contribution is 2.32. The molecule has 0 unspecified atom stereocenters. The maximum absolute atomic E-state index is 5.21. The molecule has 2 rings (SSSR count). The summed E-state index contributed by atoms with van der Waals surface area (Å²) in [6.45, 7) is 0. The molecule has 0 aromatic rings. The Morgan fingerprint density at radius 3 is 2.58 bits per heavy atom. The fraction of sp³-hybridized carbons (Fsp3) is 0.0909. The Balaban J connectivity index is 2.64. The van der Waals surface area contributed by atoms with E-state index in [9.17, 15) is 0 Å². The van der Waals surface area contributed by atoms with Crippen LogP contribution in [0.4, 0.5) is 0 Å². The van der Waals surface area contributed by atoms with Crippen LogP contribution in [0.1, 0.15) is 0 Å². The number of ether oxygens (including phenoxy) is 1. The lowest BCUT2D eigenvalue weighted by atomic mass is 10.2. The van der Waals surface area contributed by atoms with E-state index in [-0.39, 0.29) is 0 Å². The average Bonchev–Trinajstić information content (AvgIpc) is 2.33. The molecule has 0 N–H and O–H groups in total. The molecule has 0 heterocycles. The van der Waals surface area contributed by atoms with Crippen LogP contribution in [0, 0.1) is 0 Å². The van der Waals surface area contributed by atoms with Gasteiger partial charge >= 0.3 is 0 Å². The van der Waals surface area contributed by atoms with Gasteiger partial charge in [-0.15, -0.1) is 0 Å². The summed E-state index contributed by atoms with van der Waals surface area (Å²) in [6, 6.07) is 14.3. The van der Waals surface area contributed by atoms with Crippen LogP contribution in [0.25, 0.3) is 11.1 Å². The Bertz CT molecular complexity index is 354. The van der Waals surface area contributed by atoms with Crippen molar-refractivity contribution in [1.29, 1.82) is 0 Å². The average molecular weight is 158 g/mol. The lowest BCUT2D eigenvalue weighted by Crippen LogP contribution is -1.79. The molecule has 0 atom stereocenters. The van der Waals surface area contributed by atoms with Gasteiger partial charge in [0, 0.05) is 5.56 Å². The summed E-state index contributed by atoms with van der Waals surface area (Å²) >= 11 is 0. The number of methoxy groups -OCH3 is 1. The fourth-order valence-corrected chi connectivity index (χ4v) is 1.36. The minimum atomic E-state index is 0.946. The molecule has 0 fully saturated rings. The SMILES string of the molecule is COc1ccc2cccccc1-2. The summed E-state index contributed by atoms with van der Waals surface area (Å²) < 4.78 is 5.21. The summed E-state index contributed by atoms with van der Waals surface area (Å²) in [5, 5.41) is 0. The third-order valence-electron chi connectivity index (χ3n) is 1.97. The van der Waals surface area contributed by atoms with E-state index in [4.69, 9.17) is 4.74 Å². The van der Waals surface area contributed by atoms with Crippen molar-refractivity contribution >= 4 is 0 Å². The van der Waals surface area contributed by atoms with E-state index in [2.05, 4.69) is 18.2 Å².